The zero-order chi connectivity index (χ0) is 17.5. The van der Waals surface area contributed by atoms with Crippen LogP contribution in [0.3, 0.4) is 0 Å². The fourth-order valence-corrected chi connectivity index (χ4v) is 4.14. The Morgan fingerprint density at radius 2 is 2.00 bits per heavy atom. The second kappa shape index (κ2) is 8.83. The minimum Gasteiger partial charge on any atom is -0.381 e. The first kappa shape index (κ1) is 18.4. The normalized spacial score (nSPS) is 17.4. The van der Waals surface area contributed by atoms with Gasteiger partial charge in [0.05, 0.1) is 6.54 Å². The molecule has 3 N–H and O–H groups in total. The van der Waals surface area contributed by atoms with Crippen LogP contribution < -0.4 is 11.1 Å². The maximum atomic E-state index is 6.09. The van der Waals surface area contributed by atoms with Crippen LogP contribution in [0.1, 0.15) is 23.3 Å². The lowest BCUT2D eigenvalue weighted by molar-refractivity contribution is 0.0531. The molecule has 0 spiro atoms. The van der Waals surface area contributed by atoms with Crippen LogP contribution in [-0.2, 0) is 16.6 Å². The zero-order valence-corrected chi connectivity index (χ0v) is 16.6. The van der Waals surface area contributed by atoms with Gasteiger partial charge >= 0.3 is 0 Å². The summed E-state index contributed by atoms with van der Waals surface area (Å²) < 4.78 is 6.67. The first-order chi connectivity index (χ1) is 12.2. The van der Waals surface area contributed by atoms with Crippen molar-refractivity contribution in [3.63, 3.8) is 0 Å². The molecule has 0 unspecified atom stereocenters. The van der Waals surface area contributed by atoms with Crippen LogP contribution in [0.2, 0.25) is 0 Å². The first-order valence-electron chi connectivity index (χ1n) is 8.58. The number of ether oxygens (including phenoxy) is 1. The zero-order valence-electron chi connectivity index (χ0n) is 14.2. The molecule has 1 fully saturated rings. The third kappa shape index (κ3) is 5.06. The molecule has 1 saturated heterocycles. The number of nitrogens with two attached hydrogens (primary N) is 1. The lowest BCUT2D eigenvalue weighted by atomic mass is 9.74. The van der Waals surface area contributed by atoms with E-state index in [0.29, 0.717) is 12.5 Å². The Balaban J connectivity index is 1.62. The van der Waals surface area contributed by atoms with Crippen molar-refractivity contribution >= 4 is 33.2 Å². The van der Waals surface area contributed by atoms with Gasteiger partial charge in [-0.3, -0.25) is 4.99 Å². The molecule has 0 bridgehead atoms. The van der Waals surface area contributed by atoms with Crippen LogP contribution >= 0.6 is 27.3 Å². The van der Waals surface area contributed by atoms with Gasteiger partial charge in [0.15, 0.2) is 5.96 Å². The largest absolute Gasteiger partial charge is 0.381 e. The molecule has 2 heterocycles. The summed E-state index contributed by atoms with van der Waals surface area (Å²) in [5.74, 6) is 0.527. The Labute approximate surface area is 161 Å². The minimum atomic E-state index is 0.0129. The average Bonchev–Trinajstić information content (AvgIpc) is 3.15. The molecular weight excluding hydrogens is 398 g/mol. The van der Waals surface area contributed by atoms with E-state index in [-0.39, 0.29) is 5.41 Å². The molecule has 25 heavy (non-hydrogen) atoms. The number of thiophene rings is 1. The molecular formula is C19H24BrN3OS. The highest BCUT2D eigenvalue weighted by Crippen LogP contribution is 2.35. The molecule has 2 aromatic rings. The summed E-state index contributed by atoms with van der Waals surface area (Å²) in [4.78, 5) is 6.01. The van der Waals surface area contributed by atoms with Crippen molar-refractivity contribution in [1.82, 2.24) is 5.32 Å². The van der Waals surface area contributed by atoms with Crippen molar-refractivity contribution in [2.75, 3.05) is 26.3 Å². The summed E-state index contributed by atoms with van der Waals surface area (Å²) in [5, 5.41) is 5.33. The number of halogens is 1. The highest BCUT2D eigenvalue weighted by Gasteiger charge is 2.34. The van der Waals surface area contributed by atoms with Crippen LogP contribution in [0.5, 0.6) is 0 Å². The van der Waals surface area contributed by atoms with Gasteiger partial charge in [-0.25, -0.2) is 0 Å². The first-order valence-corrected chi connectivity index (χ1v) is 10.3. The number of hydrogen-bond donors (Lipinski definition) is 2. The maximum absolute atomic E-state index is 6.09. The summed E-state index contributed by atoms with van der Waals surface area (Å²) in [6, 6.07) is 12.8. The molecule has 3 rings (SSSR count). The smallest absolute Gasteiger partial charge is 0.188 e. The summed E-state index contributed by atoms with van der Waals surface area (Å²) in [6.07, 6.45) is 2.92. The van der Waals surface area contributed by atoms with Crippen LogP contribution in [0.25, 0.3) is 0 Å². The van der Waals surface area contributed by atoms with E-state index in [9.17, 15) is 0 Å². The topological polar surface area (TPSA) is 59.6 Å². The Hall–Kier alpha value is -1.37. The van der Waals surface area contributed by atoms with E-state index in [4.69, 9.17) is 10.5 Å². The van der Waals surface area contributed by atoms with Crippen molar-refractivity contribution in [2.45, 2.75) is 24.7 Å². The van der Waals surface area contributed by atoms with Gasteiger partial charge in [0.25, 0.3) is 0 Å². The van der Waals surface area contributed by atoms with Gasteiger partial charge in [-0.05, 0) is 48.4 Å². The van der Waals surface area contributed by atoms with E-state index in [1.807, 2.05) is 0 Å². The summed E-state index contributed by atoms with van der Waals surface area (Å²) in [5.41, 5.74) is 7.42. The summed E-state index contributed by atoms with van der Waals surface area (Å²) >= 11 is 5.28. The fourth-order valence-electron chi connectivity index (χ4n) is 3.16. The lowest BCUT2D eigenvalue weighted by Crippen LogP contribution is -2.39. The third-order valence-electron chi connectivity index (χ3n) is 4.72. The van der Waals surface area contributed by atoms with Crippen LogP contribution in [0.15, 0.2) is 51.2 Å². The molecule has 0 atom stereocenters. The second-order valence-electron chi connectivity index (χ2n) is 6.36. The molecule has 134 valence electrons. The van der Waals surface area contributed by atoms with Crippen molar-refractivity contribution in [2.24, 2.45) is 10.7 Å². The Morgan fingerprint density at radius 3 is 2.68 bits per heavy atom. The highest BCUT2D eigenvalue weighted by molar-refractivity contribution is 9.10. The van der Waals surface area contributed by atoms with E-state index in [1.165, 1.54) is 10.4 Å². The van der Waals surface area contributed by atoms with E-state index in [2.05, 4.69) is 68.0 Å². The molecule has 0 radical (unpaired) electrons. The molecule has 6 heteroatoms. The van der Waals surface area contributed by atoms with Gasteiger partial charge in [-0.15, -0.1) is 11.3 Å². The van der Waals surface area contributed by atoms with Crippen molar-refractivity contribution in [3.05, 3.63) is 56.7 Å². The number of hydrogen-bond acceptors (Lipinski definition) is 3. The van der Waals surface area contributed by atoms with Crippen LogP contribution in [0, 0.1) is 0 Å². The monoisotopic (exact) mass is 421 g/mol. The third-order valence-corrected chi connectivity index (χ3v) is 6.18. The SMILES string of the molecule is NC(=NCC1(c2ccc(Br)cc2)CCOCC1)NCCc1cccs1. The summed E-state index contributed by atoms with van der Waals surface area (Å²) in [7, 11) is 0. The molecule has 0 saturated carbocycles. The van der Waals surface area contributed by atoms with Gasteiger partial charge in [0.2, 0.25) is 0 Å². The quantitative estimate of drug-likeness (QED) is 0.551. The number of benzene rings is 1. The fraction of sp³-hybridized carbons (Fsp3) is 0.421. The van der Waals surface area contributed by atoms with E-state index < -0.39 is 0 Å². The van der Waals surface area contributed by atoms with Gasteiger partial charge < -0.3 is 15.8 Å². The van der Waals surface area contributed by atoms with Crippen LogP contribution in [-0.4, -0.2) is 32.3 Å². The van der Waals surface area contributed by atoms with Crippen molar-refractivity contribution in [3.8, 4) is 0 Å². The molecule has 1 aromatic heterocycles. The Morgan fingerprint density at radius 1 is 1.24 bits per heavy atom. The van der Waals surface area contributed by atoms with Crippen molar-refractivity contribution in [1.29, 1.82) is 0 Å². The maximum Gasteiger partial charge on any atom is 0.188 e. The molecule has 0 amide bonds. The number of rotatable bonds is 6. The Bertz CT molecular complexity index is 679. The van der Waals surface area contributed by atoms with Gasteiger partial charge in [-0.2, -0.15) is 0 Å². The number of nitrogens with zero attached hydrogens (tertiary/aromatic N) is 1. The van der Waals surface area contributed by atoms with Gasteiger partial charge in [-0.1, -0.05) is 34.1 Å². The molecule has 4 nitrogen and oxygen atoms in total. The molecule has 0 aliphatic carbocycles. The number of aliphatic imine (C=N–C) groups is 1. The average molecular weight is 422 g/mol. The van der Waals surface area contributed by atoms with E-state index >= 15 is 0 Å². The van der Waals surface area contributed by atoms with E-state index in [1.54, 1.807) is 11.3 Å². The molecule has 1 aromatic carbocycles. The Kier molecular flexibility index (Phi) is 6.51. The van der Waals surface area contributed by atoms with Gasteiger partial charge in [0, 0.05) is 34.5 Å². The van der Waals surface area contributed by atoms with Crippen molar-refractivity contribution < 1.29 is 4.74 Å². The van der Waals surface area contributed by atoms with Crippen LogP contribution in [0.4, 0.5) is 0 Å². The lowest BCUT2D eigenvalue weighted by Gasteiger charge is -2.36. The summed E-state index contributed by atoms with van der Waals surface area (Å²) in [6.45, 7) is 3.05. The predicted molar refractivity (Wildman–Crippen MR) is 108 cm³/mol. The number of guanidine groups is 1. The standard InChI is InChI=1S/C19H24BrN3OS/c20-16-5-3-15(4-6-16)19(8-11-24-12-9-19)14-23-18(21)22-10-7-17-2-1-13-25-17/h1-6,13H,7-12,14H2,(H3,21,22,23). The predicted octanol–water partition coefficient (Wildman–Crippen LogP) is 3.71. The molecule has 1 aliphatic heterocycles. The second-order valence-corrected chi connectivity index (χ2v) is 8.31. The van der Waals surface area contributed by atoms with Gasteiger partial charge in [0.1, 0.15) is 0 Å². The highest BCUT2D eigenvalue weighted by atomic mass is 79.9. The van der Waals surface area contributed by atoms with E-state index in [0.717, 1.165) is 43.5 Å². The number of nitrogens with one attached hydrogen (secondary N) is 1. The molecule has 1 aliphatic rings. The minimum absolute atomic E-state index is 0.0129.